The van der Waals surface area contributed by atoms with E-state index in [1.165, 1.54) is 77.0 Å². The zero-order valence-corrected chi connectivity index (χ0v) is 27.5. The summed E-state index contributed by atoms with van der Waals surface area (Å²) in [6.45, 7) is 9.39. The Labute approximate surface area is 266 Å². The molecule has 0 aliphatic heterocycles. The molecule has 0 spiro atoms. The molecule has 45 heavy (non-hydrogen) atoms. The first-order chi connectivity index (χ1) is 21.0. The molecule has 0 radical (unpaired) electrons. The van der Waals surface area contributed by atoms with Gasteiger partial charge in [0.25, 0.3) is 0 Å². The molecule has 1 unspecified atom stereocenters. The number of nitrogens with one attached hydrogen (secondary N) is 3. The SMILES string of the molecule is CCCCCCCCCCCCCCNCCCC(=O)N[C@H](C(=O)NC(CC)C(=O)O)C(C)C.NC(N)=O.O=C(O)C(F)(F)F. The smallest absolute Gasteiger partial charge is 0.480 e. The summed E-state index contributed by atoms with van der Waals surface area (Å²) in [5.41, 5.74) is 8.50. The summed E-state index contributed by atoms with van der Waals surface area (Å²) in [5, 5.41) is 24.9. The van der Waals surface area contributed by atoms with Crippen molar-refractivity contribution in [3.8, 4) is 0 Å². The third-order valence-electron chi connectivity index (χ3n) is 6.50. The lowest BCUT2D eigenvalue weighted by atomic mass is 10.0. The van der Waals surface area contributed by atoms with Crippen LogP contribution in [0.4, 0.5) is 18.0 Å². The average Bonchev–Trinajstić information content (AvgIpc) is 2.93. The molecule has 9 N–H and O–H groups in total. The van der Waals surface area contributed by atoms with E-state index in [4.69, 9.17) is 19.8 Å². The standard InChI is InChI=1S/C27H53N3O4.C2HF3O2.CH4N2O/c1-5-7-8-9-10-11-12-13-14-15-16-17-20-28-21-18-19-24(31)30-25(22(3)4)26(32)29-23(6-2)27(33)34;3-2(4,5)1(6)7;2-1(3)4/h22-23,25,28H,5-21H2,1-4H3,(H,29,32)(H,30,31)(H,33,34);(H,6,7);(H4,2,3,4)/t23?,25-;;/m0../s1. The molecule has 0 aliphatic rings. The molecule has 4 amide bonds. The Morgan fingerprint density at radius 1 is 0.711 bits per heavy atom. The van der Waals surface area contributed by atoms with Crippen LogP contribution in [0, 0.1) is 5.92 Å². The van der Waals surface area contributed by atoms with Crippen LogP contribution in [0.25, 0.3) is 0 Å². The number of alkyl halides is 3. The quantitative estimate of drug-likeness (QED) is 0.0754. The van der Waals surface area contributed by atoms with Crippen molar-refractivity contribution in [1.82, 2.24) is 16.0 Å². The molecule has 0 aliphatic carbocycles. The van der Waals surface area contributed by atoms with Crippen molar-refractivity contribution in [2.24, 2.45) is 17.4 Å². The van der Waals surface area contributed by atoms with Crippen LogP contribution < -0.4 is 27.4 Å². The van der Waals surface area contributed by atoms with Crippen LogP contribution in [0.5, 0.6) is 0 Å². The highest BCUT2D eigenvalue weighted by Crippen LogP contribution is 2.13. The van der Waals surface area contributed by atoms with E-state index in [1.807, 2.05) is 13.8 Å². The number of aliphatic carboxylic acids is 2. The maximum atomic E-state index is 12.4. The lowest BCUT2D eigenvalue weighted by molar-refractivity contribution is -0.192. The number of carboxylic acids is 2. The normalized spacial score (nSPS) is 12.1. The first kappa shape index (κ1) is 46.3. The minimum Gasteiger partial charge on any atom is -0.480 e. The number of unbranched alkanes of at least 4 members (excludes halogenated alkanes) is 11. The van der Waals surface area contributed by atoms with E-state index in [9.17, 15) is 27.6 Å². The van der Waals surface area contributed by atoms with E-state index < -0.39 is 42.1 Å². The van der Waals surface area contributed by atoms with Crippen LogP contribution >= 0.6 is 0 Å². The number of hydrogen-bond acceptors (Lipinski definition) is 6. The number of hydrogen-bond donors (Lipinski definition) is 7. The van der Waals surface area contributed by atoms with Crippen LogP contribution in [0.2, 0.25) is 0 Å². The molecule has 0 heterocycles. The van der Waals surface area contributed by atoms with Gasteiger partial charge in [-0.3, -0.25) is 9.59 Å². The summed E-state index contributed by atoms with van der Waals surface area (Å²) in [5.74, 6) is -4.57. The molecule has 0 aromatic heterocycles. The lowest BCUT2D eigenvalue weighted by Crippen LogP contribution is -2.53. The second-order valence-electron chi connectivity index (χ2n) is 11.0. The Morgan fingerprint density at radius 2 is 1.11 bits per heavy atom. The fourth-order valence-corrected chi connectivity index (χ4v) is 3.97. The van der Waals surface area contributed by atoms with Gasteiger partial charge < -0.3 is 37.6 Å². The van der Waals surface area contributed by atoms with Crippen LogP contribution in [0.1, 0.15) is 124 Å². The highest BCUT2D eigenvalue weighted by molar-refractivity contribution is 5.90. The molecule has 12 nitrogen and oxygen atoms in total. The van der Waals surface area contributed by atoms with E-state index in [1.54, 1.807) is 6.92 Å². The fraction of sp³-hybridized carbons (Fsp3) is 0.833. The summed E-state index contributed by atoms with van der Waals surface area (Å²) < 4.78 is 31.7. The molecule has 0 bridgehead atoms. The molecule has 15 heteroatoms. The summed E-state index contributed by atoms with van der Waals surface area (Å²) in [6.07, 6.45) is 12.4. The molecular formula is C30H58F3N5O7. The highest BCUT2D eigenvalue weighted by Gasteiger charge is 2.38. The highest BCUT2D eigenvalue weighted by atomic mass is 19.4. The lowest BCUT2D eigenvalue weighted by Gasteiger charge is -2.23. The summed E-state index contributed by atoms with van der Waals surface area (Å²) in [6, 6.07) is -2.50. The van der Waals surface area contributed by atoms with Crippen LogP contribution in [-0.2, 0) is 19.2 Å². The second kappa shape index (κ2) is 29.6. The zero-order valence-electron chi connectivity index (χ0n) is 27.5. The number of urea groups is 1. The molecule has 2 atom stereocenters. The maximum Gasteiger partial charge on any atom is 0.490 e. The third-order valence-corrected chi connectivity index (χ3v) is 6.50. The summed E-state index contributed by atoms with van der Waals surface area (Å²) in [4.78, 5) is 53.7. The van der Waals surface area contributed by atoms with Gasteiger partial charge >= 0.3 is 24.1 Å². The van der Waals surface area contributed by atoms with Gasteiger partial charge in [0.2, 0.25) is 11.8 Å². The fourth-order valence-electron chi connectivity index (χ4n) is 3.97. The molecular weight excluding hydrogens is 599 g/mol. The van der Waals surface area contributed by atoms with E-state index in [2.05, 4.69) is 34.3 Å². The predicted molar refractivity (Wildman–Crippen MR) is 167 cm³/mol. The van der Waals surface area contributed by atoms with Gasteiger partial charge in [-0.25, -0.2) is 14.4 Å². The van der Waals surface area contributed by atoms with Crippen molar-refractivity contribution in [2.45, 2.75) is 142 Å². The second-order valence-corrected chi connectivity index (χ2v) is 11.0. The third kappa shape index (κ3) is 33.6. The Bertz CT molecular complexity index is 811. The summed E-state index contributed by atoms with van der Waals surface area (Å²) >= 11 is 0. The number of rotatable bonds is 23. The van der Waals surface area contributed by atoms with Gasteiger partial charge in [0.1, 0.15) is 12.1 Å². The van der Waals surface area contributed by atoms with Crippen molar-refractivity contribution in [3.63, 3.8) is 0 Å². The maximum absolute atomic E-state index is 12.4. The molecule has 0 fully saturated rings. The number of halogens is 3. The number of nitrogens with two attached hydrogens (primary N) is 2. The van der Waals surface area contributed by atoms with Crippen LogP contribution in [-0.4, -0.2) is 71.3 Å². The molecule has 266 valence electrons. The minimum absolute atomic E-state index is 0.126. The Kier molecular flexibility index (Phi) is 30.5. The first-order valence-electron chi connectivity index (χ1n) is 15.9. The van der Waals surface area contributed by atoms with Gasteiger partial charge in [-0.05, 0) is 38.3 Å². The number of carbonyl (C=O) groups is 5. The zero-order chi connectivity index (χ0) is 35.3. The number of primary amides is 2. The molecule has 0 saturated carbocycles. The minimum atomic E-state index is -5.08. The average molecular weight is 658 g/mol. The summed E-state index contributed by atoms with van der Waals surface area (Å²) in [7, 11) is 0. The van der Waals surface area contributed by atoms with Crippen molar-refractivity contribution in [1.29, 1.82) is 0 Å². The van der Waals surface area contributed by atoms with Crippen molar-refractivity contribution in [3.05, 3.63) is 0 Å². The molecule has 0 aromatic rings. The number of carbonyl (C=O) groups excluding carboxylic acids is 3. The van der Waals surface area contributed by atoms with Crippen molar-refractivity contribution in [2.75, 3.05) is 13.1 Å². The number of amides is 4. The monoisotopic (exact) mass is 657 g/mol. The van der Waals surface area contributed by atoms with Gasteiger partial charge in [-0.2, -0.15) is 13.2 Å². The van der Waals surface area contributed by atoms with E-state index in [0.29, 0.717) is 19.3 Å². The van der Waals surface area contributed by atoms with Crippen LogP contribution in [0.3, 0.4) is 0 Å². The van der Waals surface area contributed by atoms with E-state index in [-0.39, 0.29) is 11.8 Å². The van der Waals surface area contributed by atoms with Gasteiger partial charge in [0.05, 0.1) is 0 Å². The first-order valence-corrected chi connectivity index (χ1v) is 15.9. The number of carboxylic acid groups (broad SMARTS) is 2. The molecule has 0 aromatic carbocycles. The van der Waals surface area contributed by atoms with Gasteiger partial charge in [-0.15, -0.1) is 0 Å². The Morgan fingerprint density at radius 3 is 1.47 bits per heavy atom. The Hall–Kier alpha value is -3.10. The predicted octanol–water partition coefficient (Wildman–Crippen LogP) is 4.83. The van der Waals surface area contributed by atoms with Crippen molar-refractivity contribution < 1.29 is 47.4 Å². The van der Waals surface area contributed by atoms with Gasteiger partial charge in [-0.1, -0.05) is 98.3 Å². The molecule has 0 rings (SSSR count). The van der Waals surface area contributed by atoms with Crippen molar-refractivity contribution >= 4 is 29.8 Å². The van der Waals surface area contributed by atoms with E-state index in [0.717, 1.165) is 13.1 Å². The molecule has 0 saturated heterocycles. The van der Waals surface area contributed by atoms with E-state index >= 15 is 0 Å². The Balaban J connectivity index is -0.00000136. The topological polar surface area (TPSA) is 214 Å². The van der Waals surface area contributed by atoms with Crippen LogP contribution in [0.15, 0.2) is 0 Å². The van der Waals surface area contributed by atoms with Gasteiger partial charge in [0.15, 0.2) is 0 Å². The van der Waals surface area contributed by atoms with Gasteiger partial charge in [0, 0.05) is 6.42 Å². The largest absolute Gasteiger partial charge is 0.490 e.